The van der Waals surface area contributed by atoms with Crippen molar-refractivity contribution < 1.29 is 0 Å². The molecule has 1 aliphatic rings. The lowest BCUT2D eigenvalue weighted by Gasteiger charge is -2.29. The van der Waals surface area contributed by atoms with Crippen LogP contribution in [-0.2, 0) is 13.1 Å². The van der Waals surface area contributed by atoms with Crippen molar-refractivity contribution in [3.63, 3.8) is 0 Å². The van der Waals surface area contributed by atoms with E-state index >= 15 is 0 Å². The molecule has 0 N–H and O–H groups in total. The van der Waals surface area contributed by atoms with Gasteiger partial charge in [-0.05, 0) is 13.8 Å². The maximum absolute atomic E-state index is 4.06. The van der Waals surface area contributed by atoms with Crippen LogP contribution in [0.4, 0.5) is 0 Å². The minimum atomic E-state index is 0.607. The molecule has 1 aromatic rings. The average molecular weight is 166 g/mol. The first kappa shape index (κ1) is 7.73. The lowest BCUT2D eigenvalue weighted by molar-refractivity contribution is 0.173. The fourth-order valence-corrected chi connectivity index (χ4v) is 1.53. The molecule has 0 aromatic carbocycles. The molecule has 4 nitrogen and oxygen atoms in total. The Morgan fingerprint density at radius 2 is 2.25 bits per heavy atom. The van der Waals surface area contributed by atoms with Crippen molar-refractivity contribution in [2.75, 3.05) is 6.54 Å². The summed E-state index contributed by atoms with van der Waals surface area (Å²) in [6, 6.07) is 0.607. The summed E-state index contributed by atoms with van der Waals surface area (Å²) >= 11 is 0. The van der Waals surface area contributed by atoms with E-state index in [1.165, 1.54) is 0 Å². The normalized spacial score (nSPS) is 18.2. The van der Waals surface area contributed by atoms with Crippen LogP contribution < -0.4 is 0 Å². The van der Waals surface area contributed by atoms with E-state index < -0.39 is 0 Å². The van der Waals surface area contributed by atoms with E-state index in [9.17, 15) is 0 Å². The molecule has 0 atom stereocenters. The largest absolute Gasteiger partial charge is 0.315 e. The molecule has 0 unspecified atom stereocenters. The van der Waals surface area contributed by atoms with E-state index in [-0.39, 0.29) is 0 Å². The Bertz CT molecular complexity index is 266. The number of nitrogens with zero attached hydrogens (tertiary/aromatic N) is 4. The predicted molar refractivity (Wildman–Crippen MR) is 45.6 cm³/mol. The van der Waals surface area contributed by atoms with Crippen molar-refractivity contribution >= 4 is 0 Å². The van der Waals surface area contributed by atoms with Crippen LogP contribution in [0.3, 0.4) is 0 Å². The van der Waals surface area contributed by atoms with Crippen molar-refractivity contribution in [1.29, 1.82) is 0 Å². The number of hydrogen-bond acceptors (Lipinski definition) is 3. The molecule has 1 aromatic heterocycles. The molecule has 1 aliphatic heterocycles. The van der Waals surface area contributed by atoms with Gasteiger partial charge >= 0.3 is 0 Å². The van der Waals surface area contributed by atoms with Crippen LogP contribution in [0.5, 0.6) is 0 Å². The Labute approximate surface area is 72.2 Å². The molecule has 2 heterocycles. The lowest BCUT2D eigenvalue weighted by atomic mass is 10.2. The molecule has 0 amide bonds. The second-order valence-electron chi connectivity index (χ2n) is 3.50. The summed E-state index contributed by atoms with van der Waals surface area (Å²) in [6.45, 7) is 7.51. The van der Waals surface area contributed by atoms with Gasteiger partial charge < -0.3 is 4.57 Å². The van der Waals surface area contributed by atoms with Crippen molar-refractivity contribution in [2.24, 2.45) is 0 Å². The summed E-state index contributed by atoms with van der Waals surface area (Å²) in [6.07, 6.45) is 1.81. The van der Waals surface area contributed by atoms with E-state index in [0.29, 0.717) is 6.04 Å². The van der Waals surface area contributed by atoms with Gasteiger partial charge in [0.15, 0.2) is 0 Å². The van der Waals surface area contributed by atoms with E-state index in [2.05, 4.69) is 33.5 Å². The van der Waals surface area contributed by atoms with Crippen LogP contribution >= 0.6 is 0 Å². The van der Waals surface area contributed by atoms with Crippen LogP contribution in [-0.4, -0.2) is 32.3 Å². The molecular formula is C8H14N4. The highest BCUT2D eigenvalue weighted by Crippen LogP contribution is 2.11. The third-order valence-corrected chi connectivity index (χ3v) is 2.40. The lowest BCUT2D eigenvalue weighted by Crippen LogP contribution is -2.38. The Balaban J connectivity index is 2.15. The fraction of sp³-hybridized carbons (Fsp3) is 0.750. The summed E-state index contributed by atoms with van der Waals surface area (Å²) in [5.74, 6) is 1.09. The van der Waals surface area contributed by atoms with Crippen LogP contribution in [0.25, 0.3) is 0 Å². The molecule has 2 rings (SSSR count). The van der Waals surface area contributed by atoms with Crippen LogP contribution in [0, 0.1) is 0 Å². The molecule has 4 heteroatoms. The van der Waals surface area contributed by atoms with Crippen molar-refractivity contribution in [1.82, 2.24) is 19.7 Å². The standard InChI is InChI=1S/C8H14N4/c1-7(2)11-3-4-12-6-9-10-8(12)5-11/h6-7H,3-5H2,1-2H3. The van der Waals surface area contributed by atoms with Crippen LogP contribution in [0.15, 0.2) is 6.33 Å². The van der Waals surface area contributed by atoms with Gasteiger partial charge in [-0.2, -0.15) is 0 Å². The molecule has 0 saturated heterocycles. The minimum Gasteiger partial charge on any atom is -0.315 e. The summed E-state index contributed by atoms with van der Waals surface area (Å²) in [4.78, 5) is 2.41. The molecule has 0 radical (unpaired) electrons. The van der Waals surface area contributed by atoms with E-state index in [1.54, 1.807) is 0 Å². The van der Waals surface area contributed by atoms with E-state index in [0.717, 1.165) is 25.5 Å². The second kappa shape index (κ2) is 2.86. The smallest absolute Gasteiger partial charge is 0.147 e. The highest BCUT2D eigenvalue weighted by atomic mass is 15.3. The summed E-state index contributed by atoms with van der Waals surface area (Å²) in [7, 11) is 0. The van der Waals surface area contributed by atoms with Crippen molar-refractivity contribution in [3.05, 3.63) is 12.2 Å². The number of rotatable bonds is 1. The summed E-state index contributed by atoms with van der Waals surface area (Å²) < 4.78 is 2.12. The second-order valence-corrected chi connectivity index (χ2v) is 3.50. The molecule has 0 spiro atoms. The quantitative estimate of drug-likeness (QED) is 0.609. The van der Waals surface area contributed by atoms with Gasteiger partial charge in [0.25, 0.3) is 0 Å². The monoisotopic (exact) mass is 166 g/mol. The van der Waals surface area contributed by atoms with Gasteiger partial charge in [0, 0.05) is 19.1 Å². The Kier molecular flexibility index (Phi) is 1.84. The molecule has 0 saturated carbocycles. The summed E-state index contributed by atoms with van der Waals surface area (Å²) in [5, 5.41) is 7.94. The highest BCUT2D eigenvalue weighted by molar-refractivity contribution is 4.90. The number of hydrogen-bond donors (Lipinski definition) is 0. The van der Waals surface area contributed by atoms with Crippen molar-refractivity contribution in [2.45, 2.75) is 33.0 Å². The van der Waals surface area contributed by atoms with E-state index in [1.807, 2.05) is 6.33 Å². The van der Waals surface area contributed by atoms with E-state index in [4.69, 9.17) is 0 Å². The maximum atomic E-state index is 4.06. The van der Waals surface area contributed by atoms with Crippen molar-refractivity contribution in [3.8, 4) is 0 Å². The predicted octanol–water partition coefficient (Wildman–Crippen LogP) is 0.502. The maximum Gasteiger partial charge on any atom is 0.147 e. The third kappa shape index (κ3) is 1.22. The Hall–Kier alpha value is -0.900. The zero-order chi connectivity index (χ0) is 8.55. The van der Waals surface area contributed by atoms with Gasteiger partial charge in [-0.1, -0.05) is 0 Å². The topological polar surface area (TPSA) is 34.0 Å². The summed E-state index contributed by atoms with van der Waals surface area (Å²) in [5.41, 5.74) is 0. The number of aromatic nitrogens is 3. The van der Waals surface area contributed by atoms with Crippen LogP contribution in [0.1, 0.15) is 19.7 Å². The van der Waals surface area contributed by atoms with Gasteiger partial charge in [0.05, 0.1) is 6.54 Å². The van der Waals surface area contributed by atoms with Crippen LogP contribution in [0.2, 0.25) is 0 Å². The zero-order valence-corrected chi connectivity index (χ0v) is 7.56. The minimum absolute atomic E-state index is 0.607. The number of fused-ring (bicyclic) bond motifs is 1. The average Bonchev–Trinajstić information content (AvgIpc) is 2.49. The molecule has 0 aliphatic carbocycles. The third-order valence-electron chi connectivity index (χ3n) is 2.40. The van der Waals surface area contributed by atoms with Gasteiger partial charge in [0.2, 0.25) is 0 Å². The first-order valence-corrected chi connectivity index (χ1v) is 4.38. The zero-order valence-electron chi connectivity index (χ0n) is 7.56. The molecular weight excluding hydrogens is 152 g/mol. The molecule has 0 fully saturated rings. The molecule has 66 valence electrons. The SMILES string of the molecule is CC(C)N1CCn2cnnc2C1. The van der Waals surface area contributed by atoms with Gasteiger partial charge in [-0.15, -0.1) is 10.2 Å². The molecule has 0 bridgehead atoms. The Morgan fingerprint density at radius 3 is 3.00 bits per heavy atom. The first-order valence-electron chi connectivity index (χ1n) is 4.38. The van der Waals surface area contributed by atoms with Gasteiger partial charge in [-0.3, -0.25) is 4.90 Å². The van der Waals surface area contributed by atoms with Gasteiger partial charge in [-0.25, -0.2) is 0 Å². The Morgan fingerprint density at radius 1 is 1.42 bits per heavy atom. The van der Waals surface area contributed by atoms with Gasteiger partial charge in [0.1, 0.15) is 12.2 Å². The first-order chi connectivity index (χ1) is 5.77. The molecule has 12 heavy (non-hydrogen) atoms. The fourth-order valence-electron chi connectivity index (χ4n) is 1.53. The highest BCUT2D eigenvalue weighted by Gasteiger charge is 2.18.